The molecule has 0 spiro atoms. The van der Waals surface area contributed by atoms with Crippen LogP contribution in [-0.2, 0) is 36.8 Å². The Kier molecular flexibility index (Phi) is 12.5. The first kappa shape index (κ1) is 36.7. The van der Waals surface area contributed by atoms with E-state index >= 15 is 0 Å². The van der Waals surface area contributed by atoms with Gasteiger partial charge in [-0.25, -0.2) is 4.79 Å². The molecule has 1 aliphatic rings. The lowest BCUT2D eigenvalue weighted by Gasteiger charge is -2.39. The van der Waals surface area contributed by atoms with Gasteiger partial charge < -0.3 is 37.2 Å². The Morgan fingerprint density at radius 3 is 2.00 bits per heavy atom. The molecule has 0 radical (unpaired) electrons. The zero-order valence-electron chi connectivity index (χ0n) is 26.5. The lowest BCUT2D eigenvalue weighted by atomic mass is 9.99. The van der Waals surface area contributed by atoms with Crippen LogP contribution >= 0.6 is 21.6 Å². The van der Waals surface area contributed by atoms with E-state index in [0.717, 1.165) is 16.4 Å². The van der Waals surface area contributed by atoms with E-state index in [4.69, 9.17) is 5.73 Å². The summed E-state index contributed by atoms with van der Waals surface area (Å²) in [6.45, 7) is 8.44. The number of phenolic OH excluding ortho intramolecular Hbond substituents is 1. The molecule has 0 bridgehead atoms. The molecule has 250 valence electrons. The van der Waals surface area contributed by atoms with E-state index in [9.17, 15) is 34.2 Å². The van der Waals surface area contributed by atoms with Crippen molar-refractivity contribution in [1.82, 2.24) is 21.3 Å². The second kappa shape index (κ2) is 15.7. The summed E-state index contributed by atoms with van der Waals surface area (Å²) >= 11 is 0. The molecule has 3 rings (SSSR count). The van der Waals surface area contributed by atoms with Crippen molar-refractivity contribution in [1.29, 1.82) is 0 Å². The average molecular weight is 674 g/mol. The fourth-order valence-corrected chi connectivity index (χ4v) is 7.62. The molecule has 1 fully saturated rings. The fourth-order valence-electron chi connectivity index (χ4n) is 4.81. The Bertz CT molecular complexity index is 1410. The number of carbonyl (C=O) groups is 5. The van der Waals surface area contributed by atoms with Gasteiger partial charge in [-0.15, -0.1) is 0 Å². The summed E-state index contributed by atoms with van der Waals surface area (Å²) in [4.78, 5) is 66.7. The monoisotopic (exact) mass is 673 g/mol. The summed E-state index contributed by atoms with van der Waals surface area (Å²) in [5, 5.41) is 30.6. The van der Waals surface area contributed by atoms with Gasteiger partial charge in [0, 0.05) is 11.2 Å². The molecule has 1 heterocycles. The van der Waals surface area contributed by atoms with Gasteiger partial charge in [-0.2, -0.15) is 0 Å². The maximum absolute atomic E-state index is 13.9. The van der Waals surface area contributed by atoms with Gasteiger partial charge in [-0.1, -0.05) is 71.0 Å². The molecule has 8 N–H and O–H groups in total. The Labute approximate surface area is 276 Å². The van der Waals surface area contributed by atoms with Gasteiger partial charge in [0.2, 0.25) is 23.6 Å². The number of carboxylic acid groups (broad SMARTS) is 1. The molecule has 1 saturated heterocycles. The van der Waals surface area contributed by atoms with Crippen LogP contribution in [0.1, 0.15) is 52.2 Å². The summed E-state index contributed by atoms with van der Waals surface area (Å²) in [7, 11) is 2.33. The number of nitrogens with one attached hydrogen (secondary N) is 4. The molecule has 2 unspecified atom stereocenters. The van der Waals surface area contributed by atoms with E-state index in [1.54, 1.807) is 71.0 Å². The third-order valence-electron chi connectivity index (χ3n) is 7.63. The van der Waals surface area contributed by atoms with Crippen molar-refractivity contribution in [2.75, 3.05) is 0 Å². The molecular formula is C32H43N5O7S2. The van der Waals surface area contributed by atoms with Gasteiger partial charge in [0.15, 0.2) is 0 Å². The van der Waals surface area contributed by atoms with Crippen LogP contribution in [0.15, 0.2) is 54.6 Å². The maximum atomic E-state index is 13.9. The summed E-state index contributed by atoms with van der Waals surface area (Å²) in [5.41, 5.74) is 7.67. The number of rotatable bonds is 8. The third kappa shape index (κ3) is 9.87. The van der Waals surface area contributed by atoms with Crippen molar-refractivity contribution in [2.45, 2.75) is 93.6 Å². The molecule has 12 nitrogen and oxygen atoms in total. The van der Waals surface area contributed by atoms with E-state index in [0.29, 0.717) is 5.56 Å². The third-order valence-corrected chi connectivity index (χ3v) is 11.9. The van der Waals surface area contributed by atoms with Crippen molar-refractivity contribution in [3.63, 3.8) is 0 Å². The van der Waals surface area contributed by atoms with Gasteiger partial charge in [0.1, 0.15) is 29.9 Å². The predicted molar refractivity (Wildman–Crippen MR) is 179 cm³/mol. The number of nitrogens with two attached hydrogens (primary N) is 1. The number of carbonyl (C=O) groups excluding carboxylic acids is 4. The van der Waals surface area contributed by atoms with E-state index in [1.165, 1.54) is 22.9 Å². The van der Waals surface area contributed by atoms with Crippen LogP contribution in [0.3, 0.4) is 0 Å². The highest BCUT2D eigenvalue weighted by Gasteiger charge is 2.45. The highest BCUT2D eigenvalue weighted by Crippen LogP contribution is 2.46. The molecule has 46 heavy (non-hydrogen) atoms. The number of benzene rings is 2. The highest BCUT2D eigenvalue weighted by molar-refractivity contribution is 8.77. The normalized spacial score (nSPS) is 24.3. The Morgan fingerprint density at radius 2 is 1.41 bits per heavy atom. The molecule has 1 aliphatic heterocycles. The fraction of sp³-hybridized carbons (Fsp3) is 0.469. The molecule has 14 heteroatoms. The molecule has 0 aromatic heterocycles. The average Bonchev–Trinajstić information content (AvgIpc) is 3.00. The Hall–Kier alpha value is -3.75. The van der Waals surface area contributed by atoms with E-state index in [-0.39, 0.29) is 25.0 Å². The van der Waals surface area contributed by atoms with Crippen LogP contribution in [0.25, 0.3) is 0 Å². The molecule has 2 aromatic carbocycles. The SMILES string of the molecule is CCC1NC(=O)[C@H](NC(=O)[C@@H](N)Cc2ccc(O)cc2)C(C)(C)SSC(C)(C)[C@H](C(=O)O)NC(=O)C(Cc2ccccc2)NC1=O. The number of amides is 4. The van der Waals surface area contributed by atoms with Gasteiger partial charge >= 0.3 is 5.97 Å². The topological polar surface area (TPSA) is 200 Å². The standard InChI is InChI=1S/C32H43N5O7S2/c1-6-22-27(40)35-23(17-18-10-8-7-9-11-18)28(41)37-25(30(43)44)32(4,5)46-45-31(2,3)24(29(42)34-22)36-26(39)21(33)16-19-12-14-20(38)15-13-19/h7-15,21-25,38H,6,16-17,33H2,1-5H3,(H,34,42)(H,35,40)(H,36,39)(H,37,41)(H,43,44)/t21-,22?,23?,24-,25-/m0/s1. The lowest BCUT2D eigenvalue weighted by Crippen LogP contribution is -2.63. The van der Waals surface area contributed by atoms with Crippen LogP contribution in [0.5, 0.6) is 5.75 Å². The van der Waals surface area contributed by atoms with Crippen LogP contribution in [-0.4, -0.2) is 79.5 Å². The van der Waals surface area contributed by atoms with Crippen molar-refractivity contribution in [3.8, 4) is 5.75 Å². The summed E-state index contributed by atoms with van der Waals surface area (Å²) in [5.74, 6) is -3.75. The first-order valence-electron chi connectivity index (χ1n) is 14.9. The number of phenols is 1. The molecule has 0 aliphatic carbocycles. The van der Waals surface area contributed by atoms with Crippen molar-refractivity contribution >= 4 is 51.2 Å². The summed E-state index contributed by atoms with van der Waals surface area (Å²) in [6.07, 6.45) is 0.395. The van der Waals surface area contributed by atoms with Gasteiger partial charge in [-0.3, -0.25) is 19.2 Å². The molecule has 2 aromatic rings. The maximum Gasteiger partial charge on any atom is 0.327 e. The quantitative estimate of drug-likeness (QED) is 0.203. The summed E-state index contributed by atoms with van der Waals surface area (Å²) in [6, 6.07) is 9.42. The first-order valence-corrected chi connectivity index (χ1v) is 17.1. The van der Waals surface area contributed by atoms with Gasteiger partial charge in [-0.05, 0) is 63.8 Å². The minimum atomic E-state index is -1.37. The molecular weight excluding hydrogens is 631 g/mol. The Morgan fingerprint density at radius 1 is 0.848 bits per heavy atom. The highest BCUT2D eigenvalue weighted by atomic mass is 33.1. The number of carboxylic acids is 1. The Balaban J connectivity index is 1.96. The predicted octanol–water partition coefficient (Wildman–Crippen LogP) is 1.89. The van der Waals surface area contributed by atoms with E-state index in [1.807, 2.05) is 6.07 Å². The number of aromatic hydroxyl groups is 1. The number of hydrogen-bond donors (Lipinski definition) is 7. The largest absolute Gasteiger partial charge is 0.508 e. The van der Waals surface area contributed by atoms with Crippen molar-refractivity contribution < 1.29 is 34.2 Å². The molecule has 4 amide bonds. The van der Waals surface area contributed by atoms with Crippen molar-refractivity contribution in [3.05, 3.63) is 65.7 Å². The zero-order chi connectivity index (χ0) is 34.2. The van der Waals surface area contributed by atoms with Gasteiger partial charge in [0.05, 0.1) is 10.8 Å². The minimum absolute atomic E-state index is 0.0722. The number of aliphatic carboxylic acids is 1. The first-order chi connectivity index (χ1) is 21.5. The second-order valence-electron chi connectivity index (χ2n) is 12.3. The lowest BCUT2D eigenvalue weighted by molar-refractivity contribution is -0.143. The van der Waals surface area contributed by atoms with Crippen LogP contribution < -0.4 is 27.0 Å². The van der Waals surface area contributed by atoms with Gasteiger partial charge in [0.25, 0.3) is 0 Å². The zero-order valence-corrected chi connectivity index (χ0v) is 28.2. The van der Waals surface area contributed by atoms with Crippen LogP contribution in [0.2, 0.25) is 0 Å². The van der Waals surface area contributed by atoms with Crippen molar-refractivity contribution in [2.24, 2.45) is 5.73 Å². The second-order valence-corrected chi connectivity index (χ2v) is 15.7. The van der Waals surface area contributed by atoms with Crippen LogP contribution in [0.4, 0.5) is 0 Å². The summed E-state index contributed by atoms with van der Waals surface area (Å²) < 4.78 is -2.16. The molecule has 5 atom stereocenters. The minimum Gasteiger partial charge on any atom is -0.508 e. The van der Waals surface area contributed by atoms with Crippen LogP contribution in [0, 0.1) is 0 Å². The van der Waals surface area contributed by atoms with E-state index in [2.05, 4.69) is 21.3 Å². The number of hydrogen-bond acceptors (Lipinski definition) is 9. The van der Waals surface area contributed by atoms with E-state index < -0.39 is 69.3 Å². The molecule has 0 saturated carbocycles. The smallest absolute Gasteiger partial charge is 0.327 e.